The molecule has 0 saturated heterocycles. The first-order valence-corrected chi connectivity index (χ1v) is 7.38. The fourth-order valence-corrected chi connectivity index (χ4v) is 2.52. The van der Waals surface area contributed by atoms with Crippen LogP contribution >= 0.6 is 0 Å². The van der Waals surface area contributed by atoms with Gasteiger partial charge in [-0.2, -0.15) is 5.26 Å². The predicted octanol–water partition coefficient (Wildman–Crippen LogP) is 1.83. The summed E-state index contributed by atoms with van der Waals surface area (Å²) in [6.07, 6.45) is 4.78. The third-order valence-electron chi connectivity index (χ3n) is 4.04. The van der Waals surface area contributed by atoms with Crippen LogP contribution < -0.4 is 5.32 Å². The summed E-state index contributed by atoms with van der Waals surface area (Å²) in [7, 11) is 1.70. The molecule has 5 nitrogen and oxygen atoms in total. The molecule has 0 aromatic carbocycles. The molecule has 1 rings (SSSR count). The van der Waals surface area contributed by atoms with E-state index in [1.807, 2.05) is 13.8 Å². The molecule has 1 fully saturated rings. The van der Waals surface area contributed by atoms with Gasteiger partial charge in [0.05, 0.1) is 12.5 Å². The van der Waals surface area contributed by atoms with Gasteiger partial charge in [-0.15, -0.1) is 0 Å². The lowest BCUT2D eigenvalue weighted by Gasteiger charge is -2.25. The summed E-state index contributed by atoms with van der Waals surface area (Å²) in [5.41, 5.74) is 0. The van der Waals surface area contributed by atoms with Crippen LogP contribution in [0.5, 0.6) is 0 Å². The van der Waals surface area contributed by atoms with Gasteiger partial charge in [0.1, 0.15) is 0 Å². The van der Waals surface area contributed by atoms with Crippen LogP contribution in [0.25, 0.3) is 0 Å². The van der Waals surface area contributed by atoms with E-state index >= 15 is 0 Å². The van der Waals surface area contributed by atoms with Gasteiger partial charge in [-0.3, -0.25) is 9.59 Å². The van der Waals surface area contributed by atoms with Crippen LogP contribution in [0.1, 0.15) is 52.4 Å². The Morgan fingerprint density at radius 2 is 1.95 bits per heavy atom. The fourth-order valence-electron chi connectivity index (χ4n) is 2.52. The second-order valence-corrected chi connectivity index (χ2v) is 5.81. The molecule has 1 saturated carbocycles. The summed E-state index contributed by atoms with van der Waals surface area (Å²) >= 11 is 0. The first-order valence-electron chi connectivity index (χ1n) is 7.38. The molecule has 0 spiro atoms. The molecule has 2 atom stereocenters. The number of rotatable bonds is 6. The summed E-state index contributed by atoms with van der Waals surface area (Å²) in [5, 5.41) is 11.6. The van der Waals surface area contributed by atoms with E-state index in [4.69, 9.17) is 5.26 Å². The van der Waals surface area contributed by atoms with Crippen molar-refractivity contribution in [2.45, 2.75) is 64.5 Å². The molecule has 2 unspecified atom stereocenters. The Labute approximate surface area is 121 Å². The molecular weight excluding hydrogens is 254 g/mol. The van der Waals surface area contributed by atoms with E-state index < -0.39 is 0 Å². The van der Waals surface area contributed by atoms with Crippen molar-refractivity contribution in [1.29, 1.82) is 5.26 Å². The highest BCUT2D eigenvalue weighted by Crippen LogP contribution is 2.24. The summed E-state index contributed by atoms with van der Waals surface area (Å²) in [5.74, 6) is 0.172. The number of nitrogens with zero attached hydrogens (tertiary/aromatic N) is 2. The van der Waals surface area contributed by atoms with Gasteiger partial charge in [0.2, 0.25) is 11.8 Å². The van der Waals surface area contributed by atoms with Gasteiger partial charge in [-0.1, -0.05) is 12.8 Å². The minimum absolute atomic E-state index is 0.0352. The second kappa shape index (κ2) is 7.88. The number of carbonyl (C=O) groups is 2. The highest BCUT2D eigenvalue weighted by Gasteiger charge is 2.25. The normalized spacial score (nSPS) is 18.1. The molecule has 2 amide bonds. The number of nitrogens with one attached hydrogen (secondary N) is 1. The Morgan fingerprint density at radius 1 is 1.35 bits per heavy atom. The van der Waals surface area contributed by atoms with E-state index in [1.165, 1.54) is 0 Å². The number of hydrogen-bond acceptors (Lipinski definition) is 3. The third-order valence-corrected chi connectivity index (χ3v) is 4.04. The Bertz CT molecular complexity index is 383. The van der Waals surface area contributed by atoms with E-state index in [-0.39, 0.29) is 36.2 Å². The summed E-state index contributed by atoms with van der Waals surface area (Å²) in [6, 6.07) is 1.81. The van der Waals surface area contributed by atoms with Crippen molar-refractivity contribution in [3.8, 4) is 6.07 Å². The van der Waals surface area contributed by atoms with Gasteiger partial charge in [0.15, 0.2) is 0 Å². The molecule has 0 bridgehead atoms. The van der Waals surface area contributed by atoms with E-state index in [2.05, 4.69) is 11.4 Å². The lowest BCUT2D eigenvalue weighted by Crippen LogP contribution is -2.42. The third kappa shape index (κ3) is 4.84. The molecule has 0 radical (unpaired) electrons. The minimum Gasteiger partial charge on any atom is -0.353 e. The van der Waals surface area contributed by atoms with Crippen molar-refractivity contribution in [3.63, 3.8) is 0 Å². The number of hydrogen-bond donors (Lipinski definition) is 1. The van der Waals surface area contributed by atoms with Gasteiger partial charge in [0, 0.05) is 31.5 Å². The topological polar surface area (TPSA) is 73.2 Å². The van der Waals surface area contributed by atoms with Crippen LogP contribution in [0.3, 0.4) is 0 Å². The Kier molecular flexibility index (Phi) is 6.50. The first-order chi connectivity index (χ1) is 9.45. The van der Waals surface area contributed by atoms with E-state index in [9.17, 15) is 9.59 Å². The van der Waals surface area contributed by atoms with Crippen molar-refractivity contribution in [1.82, 2.24) is 10.2 Å². The van der Waals surface area contributed by atoms with Crippen molar-refractivity contribution >= 4 is 11.8 Å². The lowest BCUT2D eigenvalue weighted by atomic mass is 10.1. The summed E-state index contributed by atoms with van der Waals surface area (Å²) in [6.45, 7) is 3.70. The first kappa shape index (κ1) is 16.5. The maximum atomic E-state index is 12.0. The zero-order chi connectivity index (χ0) is 15.1. The number of nitriles is 1. The van der Waals surface area contributed by atoms with Crippen molar-refractivity contribution in [2.75, 3.05) is 7.05 Å². The second-order valence-electron chi connectivity index (χ2n) is 5.81. The molecule has 1 aliphatic rings. The molecule has 0 aromatic rings. The molecule has 1 aliphatic carbocycles. The van der Waals surface area contributed by atoms with Gasteiger partial charge < -0.3 is 10.2 Å². The number of carbonyl (C=O) groups excluding carboxylic acids is 2. The van der Waals surface area contributed by atoms with Gasteiger partial charge in [0.25, 0.3) is 0 Å². The molecule has 20 heavy (non-hydrogen) atoms. The largest absolute Gasteiger partial charge is 0.353 e. The van der Waals surface area contributed by atoms with Crippen molar-refractivity contribution < 1.29 is 9.59 Å². The van der Waals surface area contributed by atoms with Gasteiger partial charge >= 0.3 is 0 Å². The molecule has 0 heterocycles. The van der Waals surface area contributed by atoms with Crippen LogP contribution in [-0.2, 0) is 9.59 Å². The summed E-state index contributed by atoms with van der Waals surface area (Å²) in [4.78, 5) is 25.6. The smallest absolute Gasteiger partial charge is 0.224 e. The standard InChI is InChI=1S/C15H25N3O2/c1-11(17-15(20)13-6-4-5-7-13)10-14(19)18(3)12(2)8-9-16/h11-13H,4-8,10H2,1-3H3,(H,17,20). The fraction of sp³-hybridized carbons (Fsp3) is 0.800. The van der Waals surface area contributed by atoms with Crippen molar-refractivity contribution in [3.05, 3.63) is 0 Å². The average molecular weight is 279 g/mol. The lowest BCUT2D eigenvalue weighted by molar-refractivity contribution is -0.132. The Hall–Kier alpha value is -1.57. The quantitative estimate of drug-likeness (QED) is 0.806. The zero-order valence-electron chi connectivity index (χ0n) is 12.7. The van der Waals surface area contributed by atoms with Crippen molar-refractivity contribution in [2.24, 2.45) is 5.92 Å². The highest BCUT2D eigenvalue weighted by atomic mass is 16.2. The Balaban J connectivity index is 2.37. The van der Waals surface area contributed by atoms with Crippen LogP contribution in [-0.4, -0.2) is 35.8 Å². The van der Waals surface area contributed by atoms with Crippen LogP contribution in [0.15, 0.2) is 0 Å². The molecule has 0 aromatic heterocycles. The monoisotopic (exact) mass is 279 g/mol. The van der Waals surface area contributed by atoms with Gasteiger partial charge in [-0.05, 0) is 26.7 Å². The van der Waals surface area contributed by atoms with Gasteiger partial charge in [-0.25, -0.2) is 0 Å². The average Bonchev–Trinajstić information content (AvgIpc) is 2.91. The number of amides is 2. The summed E-state index contributed by atoms with van der Waals surface area (Å²) < 4.78 is 0. The molecule has 0 aliphatic heterocycles. The highest BCUT2D eigenvalue weighted by molar-refractivity contribution is 5.81. The molecule has 1 N–H and O–H groups in total. The minimum atomic E-state index is -0.160. The molecule has 5 heteroatoms. The van der Waals surface area contributed by atoms with Crippen LogP contribution in [0.2, 0.25) is 0 Å². The SMILES string of the molecule is CC(CC(=O)N(C)C(C)CC#N)NC(=O)C1CCCC1. The van der Waals surface area contributed by atoms with E-state index in [0.717, 1.165) is 25.7 Å². The Morgan fingerprint density at radius 3 is 2.50 bits per heavy atom. The zero-order valence-corrected chi connectivity index (χ0v) is 12.7. The molecule has 112 valence electrons. The maximum Gasteiger partial charge on any atom is 0.224 e. The van der Waals surface area contributed by atoms with Crippen LogP contribution in [0.4, 0.5) is 0 Å². The molecular formula is C15H25N3O2. The van der Waals surface area contributed by atoms with E-state index in [0.29, 0.717) is 6.42 Å². The van der Waals surface area contributed by atoms with Crippen LogP contribution in [0, 0.1) is 17.2 Å². The predicted molar refractivity (Wildman–Crippen MR) is 76.6 cm³/mol. The van der Waals surface area contributed by atoms with E-state index in [1.54, 1.807) is 11.9 Å². The maximum absolute atomic E-state index is 12.0.